The quantitative estimate of drug-likeness (QED) is 0.546. The lowest BCUT2D eigenvalue weighted by molar-refractivity contribution is 0.552. The predicted molar refractivity (Wildman–Crippen MR) is 118 cm³/mol. The van der Waals surface area contributed by atoms with E-state index in [-0.39, 0.29) is 17.4 Å². The molecule has 4 rings (SSSR count). The van der Waals surface area contributed by atoms with Gasteiger partial charge in [-0.25, -0.2) is 8.42 Å². The highest BCUT2D eigenvalue weighted by molar-refractivity contribution is 7.98. The second kappa shape index (κ2) is 8.62. The Morgan fingerprint density at radius 2 is 1.93 bits per heavy atom. The predicted octanol–water partition coefficient (Wildman–Crippen LogP) is 3.62. The van der Waals surface area contributed by atoms with Crippen LogP contribution in [-0.4, -0.2) is 34.7 Å². The van der Waals surface area contributed by atoms with Gasteiger partial charge in [0.15, 0.2) is 15.0 Å². The number of thioether (sulfide) groups is 1. The van der Waals surface area contributed by atoms with Crippen molar-refractivity contribution in [3.8, 4) is 17.2 Å². The zero-order chi connectivity index (χ0) is 21.1. The minimum atomic E-state index is -2.88. The Morgan fingerprint density at radius 3 is 2.63 bits per heavy atom. The molecule has 0 bridgehead atoms. The molecule has 154 valence electrons. The maximum atomic E-state index is 11.7. The van der Waals surface area contributed by atoms with Gasteiger partial charge < -0.3 is 4.57 Å². The highest BCUT2D eigenvalue weighted by Gasteiger charge is 2.29. The van der Waals surface area contributed by atoms with Gasteiger partial charge in [-0.3, -0.25) is 0 Å². The maximum Gasteiger partial charge on any atom is 0.191 e. The molecule has 0 unspecified atom stereocenters. The Balaban J connectivity index is 1.39. The Morgan fingerprint density at radius 1 is 1.17 bits per heavy atom. The van der Waals surface area contributed by atoms with Crippen LogP contribution in [0.15, 0.2) is 53.7 Å². The van der Waals surface area contributed by atoms with Crippen LogP contribution in [0.1, 0.15) is 23.4 Å². The summed E-state index contributed by atoms with van der Waals surface area (Å²) < 4.78 is 25.3. The van der Waals surface area contributed by atoms with Crippen LogP contribution in [0.2, 0.25) is 0 Å². The van der Waals surface area contributed by atoms with Gasteiger partial charge in [-0.05, 0) is 35.1 Å². The molecule has 1 saturated heterocycles. The van der Waals surface area contributed by atoms with Gasteiger partial charge in [0, 0.05) is 19.2 Å². The van der Waals surface area contributed by atoms with E-state index in [0.29, 0.717) is 18.4 Å². The van der Waals surface area contributed by atoms with E-state index in [1.807, 2.05) is 48.0 Å². The van der Waals surface area contributed by atoms with Crippen LogP contribution in [0.5, 0.6) is 0 Å². The Kier molecular flexibility index (Phi) is 5.93. The Bertz CT molecular complexity index is 1190. The number of nitriles is 1. The van der Waals surface area contributed by atoms with Gasteiger partial charge in [0.25, 0.3) is 0 Å². The number of nitrogens with zero attached hydrogens (tertiary/aromatic N) is 4. The Labute approximate surface area is 180 Å². The normalized spacial score (nSPS) is 17.7. The fraction of sp³-hybridized carbons (Fsp3) is 0.318. The summed E-state index contributed by atoms with van der Waals surface area (Å²) in [6, 6.07) is 18.0. The fourth-order valence-electron chi connectivity index (χ4n) is 3.70. The summed E-state index contributed by atoms with van der Waals surface area (Å²) in [5.74, 6) is 2.27. The minimum Gasteiger partial charge on any atom is -0.309 e. The lowest BCUT2D eigenvalue weighted by atomic mass is 10.00. The Hall–Kier alpha value is -2.63. The SMILES string of the molecule is Cn1c(C[C@@H]2CCS(=O)(=O)C2)nnc1SCc1ccc(-c2ccccc2C#N)cc1. The largest absolute Gasteiger partial charge is 0.309 e. The summed E-state index contributed by atoms with van der Waals surface area (Å²) in [6.07, 6.45) is 1.36. The molecule has 0 spiro atoms. The average Bonchev–Trinajstić information content (AvgIpc) is 3.28. The first-order valence-corrected chi connectivity index (χ1v) is 12.6. The number of sulfone groups is 1. The van der Waals surface area contributed by atoms with E-state index in [1.165, 1.54) is 0 Å². The van der Waals surface area contributed by atoms with E-state index < -0.39 is 9.84 Å². The van der Waals surface area contributed by atoms with E-state index in [9.17, 15) is 13.7 Å². The third kappa shape index (κ3) is 4.58. The summed E-state index contributed by atoms with van der Waals surface area (Å²) in [7, 11) is -0.943. The van der Waals surface area contributed by atoms with Gasteiger partial charge in [0.1, 0.15) is 5.82 Å². The van der Waals surface area contributed by atoms with Gasteiger partial charge in [-0.15, -0.1) is 10.2 Å². The van der Waals surface area contributed by atoms with Crippen LogP contribution in [0.3, 0.4) is 0 Å². The fourth-order valence-corrected chi connectivity index (χ4v) is 6.45. The van der Waals surface area contributed by atoms with Crippen LogP contribution in [0, 0.1) is 17.2 Å². The van der Waals surface area contributed by atoms with Crippen molar-refractivity contribution in [3.63, 3.8) is 0 Å². The number of aromatic nitrogens is 3. The van der Waals surface area contributed by atoms with Crippen LogP contribution in [0.25, 0.3) is 11.1 Å². The van der Waals surface area contributed by atoms with Gasteiger partial charge in [-0.2, -0.15) is 5.26 Å². The molecule has 2 heterocycles. The van der Waals surface area contributed by atoms with E-state index in [2.05, 4.69) is 28.4 Å². The zero-order valence-corrected chi connectivity index (χ0v) is 18.3. The maximum absolute atomic E-state index is 11.7. The first-order chi connectivity index (χ1) is 14.4. The molecule has 8 heteroatoms. The zero-order valence-electron chi connectivity index (χ0n) is 16.7. The van der Waals surface area contributed by atoms with E-state index in [4.69, 9.17) is 0 Å². The van der Waals surface area contributed by atoms with Crippen LogP contribution >= 0.6 is 11.8 Å². The standard InChI is InChI=1S/C22H22N4O2S2/c1-26-21(12-17-10-11-30(27,28)15-17)24-25-22(26)29-14-16-6-8-18(9-7-16)20-5-3-2-4-19(20)13-23/h2-9,17H,10-12,14-15H2,1H3/t17-/m0/s1. The molecular weight excluding hydrogens is 416 g/mol. The van der Waals surface area contributed by atoms with E-state index >= 15 is 0 Å². The second-order valence-corrected chi connectivity index (χ2v) is 10.7. The highest BCUT2D eigenvalue weighted by Crippen LogP contribution is 2.27. The lowest BCUT2D eigenvalue weighted by Crippen LogP contribution is -2.11. The molecule has 2 aromatic carbocycles. The average molecular weight is 439 g/mol. The summed E-state index contributed by atoms with van der Waals surface area (Å²) in [5, 5.41) is 18.7. The third-order valence-electron chi connectivity index (χ3n) is 5.40. The minimum absolute atomic E-state index is 0.139. The lowest BCUT2D eigenvalue weighted by Gasteiger charge is -2.08. The summed E-state index contributed by atoms with van der Waals surface area (Å²) in [5.41, 5.74) is 3.78. The first kappa shape index (κ1) is 20.6. The van der Waals surface area contributed by atoms with E-state index in [1.54, 1.807) is 11.8 Å². The molecule has 3 aromatic rings. The molecule has 1 aliphatic heterocycles. The van der Waals surface area contributed by atoms with Crippen LogP contribution < -0.4 is 0 Å². The van der Waals surface area contributed by atoms with E-state index in [0.717, 1.165) is 33.4 Å². The monoisotopic (exact) mass is 438 g/mol. The van der Waals surface area contributed by atoms with Crippen molar-refractivity contribution in [2.45, 2.75) is 23.8 Å². The van der Waals surface area contributed by atoms with Crippen molar-refractivity contribution in [3.05, 3.63) is 65.5 Å². The molecule has 1 atom stereocenters. The van der Waals surface area contributed by atoms with Crippen LogP contribution in [-0.2, 0) is 29.1 Å². The molecule has 0 aliphatic carbocycles. The first-order valence-electron chi connectivity index (χ1n) is 9.75. The van der Waals surface area contributed by atoms with Gasteiger partial charge in [0.2, 0.25) is 0 Å². The summed E-state index contributed by atoms with van der Waals surface area (Å²) in [6.45, 7) is 0. The number of benzene rings is 2. The molecule has 0 saturated carbocycles. The molecule has 0 radical (unpaired) electrons. The molecular formula is C22H22N4O2S2. The molecule has 1 fully saturated rings. The summed E-state index contributed by atoms with van der Waals surface area (Å²) in [4.78, 5) is 0. The van der Waals surface area contributed by atoms with Crippen molar-refractivity contribution < 1.29 is 8.42 Å². The number of hydrogen-bond donors (Lipinski definition) is 0. The molecule has 1 aromatic heterocycles. The van der Waals surface area contributed by atoms with Gasteiger partial charge >= 0.3 is 0 Å². The smallest absolute Gasteiger partial charge is 0.191 e. The molecule has 30 heavy (non-hydrogen) atoms. The van der Waals surface area contributed by atoms with Crippen molar-refractivity contribution >= 4 is 21.6 Å². The number of hydrogen-bond acceptors (Lipinski definition) is 6. The third-order valence-corrected chi connectivity index (χ3v) is 8.33. The molecule has 1 aliphatic rings. The van der Waals surface area contributed by atoms with Crippen molar-refractivity contribution in [1.82, 2.24) is 14.8 Å². The van der Waals surface area contributed by atoms with Crippen molar-refractivity contribution in [1.29, 1.82) is 5.26 Å². The van der Waals surface area contributed by atoms with Crippen molar-refractivity contribution in [2.24, 2.45) is 13.0 Å². The van der Waals surface area contributed by atoms with Gasteiger partial charge in [0.05, 0.1) is 23.1 Å². The van der Waals surface area contributed by atoms with Crippen molar-refractivity contribution in [2.75, 3.05) is 11.5 Å². The second-order valence-electron chi connectivity index (χ2n) is 7.57. The van der Waals surface area contributed by atoms with Crippen LogP contribution in [0.4, 0.5) is 0 Å². The molecule has 6 nitrogen and oxygen atoms in total. The van der Waals surface area contributed by atoms with Gasteiger partial charge in [-0.1, -0.05) is 54.2 Å². The molecule has 0 amide bonds. The topological polar surface area (TPSA) is 88.6 Å². The molecule has 0 N–H and O–H groups in total. The number of rotatable bonds is 6. The summed E-state index contributed by atoms with van der Waals surface area (Å²) >= 11 is 1.61. The highest BCUT2D eigenvalue weighted by atomic mass is 32.2.